The van der Waals surface area contributed by atoms with Crippen molar-refractivity contribution in [3.63, 3.8) is 0 Å². The van der Waals surface area contributed by atoms with Crippen molar-refractivity contribution >= 4 is 5.91 Å². The number of methoxy groups -OCH3 is 1. The molecule has 2 fully saturated rings. The fourth-order valence-electron chi connectivity index (χ4n) is 4.19. The van der Waals surface area contributed by atoms with Crippen LogP contribution in [0.3, 0.4) is 0 Å². The number of ether oxygens (including phenoxy) is 3. The van der Waals surface area contributed by atoms with Crippen molar-refractivity contribution in [1.29, 1.82) is 0 Å². The summed E-state index contributed by atoms with van der Waals surface area (Å²) in [6.45, 7) is 4.32. The summed E-state index contributed by atoms with van der Waals surface area (Å²) < 4.78 is 17.9. The highest BCUT2D eigenvalue weighted by atomic mass is 16.5. The Morgan fingerprint density at radius 3 is 2.92 bits per heavy atom. The topological polar surface area (TPSA) is 56.8 Å². The predicted octanol–water partition coefficient (Wildman–Crippen LogP) is 3.62. The Labute approximate surface area is 150 Å². The van der Waals surface area contributed by atoms with E-state index in [2.05, 4.69) is 18.3 Å². The van der Waals surface area contributed by atoms with Gasteiger partial charge in [0.25, 0.3) is 0 Å². The number of carbonyl (C=O) groups excluding carboxylic acids is 1. The number of hydrogen-bond acceptors (Lipinski definition) is 4. The lowest BCUT2D eigenvalue weighted by Crippen LogP contribution is -2.47. The lowest BCUT2D eigenvalue weighted by molar-refractivity contribution is -0.124. The highest BCUT2D eigenvalue weighted by Gasteiger charge is 2.43. The molecule has 0 bridgehead atoms. The van der Waals surface area contributed by atoms with Crippen LogP contribution in [0, 0.1) is 5.92 Å². The molecule has 1 aromatic rings. The van der Waals surface area contributed by atoms with Crippen LogP contribution in [0.2, 0.25) is 0 Å². The van der Waals surface area contributed by atoms with Gasteiger partial charge in [0.1, 0.15) is 0 Å². The monoisotopic (exact) mass is 347 g/mol. The lowest BCUT2D eigenvalue weighted by atomic mass is 9.86. The van der Waals surface area contributed by atoms with Gasteiger partial charge in [0.15, 0.2) is 11.5 Å². The molecular weight excluding hydrogens is 318 g/mol. The molecule has 1 heterocycles. The van der Waals surface area contributed by atoms with Crippen molar-refractivity contribution in [1.82, 2.24) is 5.32 Å². The molecule has 25 heavy (non-hydrogen) atoms. The number of carbonyl (C=O) groups is 1. The van der Waals surface area contributed by atoms with E-state index in [-0.39, 0.29) is 24.2 Å². The van der Waals surface area contributed by atoms with Crippen LogP contribution in [-0.2, 0) is 9.53 Å². The first-order chi connectivity index (χ1) is 12.1. The Balaban J connectivity index is 1.88. The van der Waals surface area contributed by atoms with Crippen molar-refractivity contribution in [3.05, 3.63) is 23.8 Å². The number of hydrogen-bond donors (Lipinski definition) is 1. The largest absolute Gasteiger partial charge is 0.493 e. The summed E-state index contributed by atoms with van der Waals surface area (Å²) in [6, 6.07) is 6.11. The second kappa shape index (κ2) is 8.09. The number of fused-ring (bicyclic) bond motifs is 1. The molecule has 1 amide bonds. The van der Waals surface area contributed by atoms with Gasteiger partial charge in [-0.2, -0.15) is 0 Å². The summed E-state index contributed by atoms with van der Waals surface area (Å²) in [5.74, 6) is 1.96. The normalized spacial score (nSPS) is 28.3. The quantitative estimate of drug-likeness (QED) is 0.854. The maximum atomic E-state index is 11.7. The van der Waals surface area contributed by atoms with Crippen LogP contribution in [0.4, 0.5) is 0 Å². The summed E-state index contributed by atoms with van der Waals surface area (Å²) in [7, 11) is 1.66. The smallest absolute Gasteiger partial charge is 0.217 e. The summed E-state index contributed by atoms with van der Waals surface area (Å²) in [5.41, 5.74) is 1.02. The van der Waals surface area contributed by atoms with Gasteiger partial charge >= 0.3 is 0 Å². The zero-order valence-corrected chi connectivity index (χ0v) is 15.4. The molecule has 1 aromatic carbocycles. The second-order valence-corrected chi connectivity index (χ2v) is 7.03. The van der Waals surface area contributed by atoms with Crippen molar-refractivity contribution in [2.75, 3.05) is 13.7 Å². The third kappa shape index (κ3) is 3.92. The molecule has 1 aliphatic heterocycles. The number of amides is 1. The Kier molecular flexibility index (Phi) is 5.84. The van der Waals surface area contributed by atoms with Gasteiger partial charge in [0.05, 0.1) is 25.9 Å². The molecule has 4 atom stereocenters. The van der Waals surface area contributed by atoms with Crippen LogP contribution >= 0.6 is 0 Å². The molecular formula is C20H29NO4. The molecule has 5 nitrogen and oxygen atoms in total. The van der Waals surface area contributed by atoms with E-state index in [9.17, 15) is 4.79 Å². The Hall–Kier alpha value is -1.75. The maximum absolute atomic E-state index is 11.7. The van der Waals surface area contributed by atoms with Gasteiger partial charge in [-0.15, -0.1) is 0 Å². The molecule has 138 valence electrons. The zero-order valence-electron chi connectivity index (χ0n) is 15.4. The Morgan fingerprint density at radius 1 is 1.36 bits per heavy atom. The van der Waals surface area contributed by atoms with E-state index >= 15 is 0 Å². The van der Waals surface area contributed by atoms with Gasteiger partial charge in [-0.25, -0.2) is 0 Å². The molecule has 0 radical (unpaired) electrons. The first kappa shape index (κ1) is 18.1. The second-order valence-electron chi connectivity index (χ2n) is 7.03. The van der Waals surface area contributed by atoms with Gasteiger partial charge in [0.2, 0.25) is 5.91 Å². The summed E-state index contributed by atoms with van der Waals surface area (Å²) in [4.78, 5) is 11.7. The SMILES string of the molecule is CCCOc1c(OC)cccc1[C@H]1C[C@@H](NC(C)=O)[C@@H]2CCC[C@H]2O1. The lowest BCUT2D eigenvalue weighted by Gasteiger charge is -2.39. The standard InChI is InChI=1S/C20H29NO4/c1-4-11-24-20-15(8-6-10-18(20)23-3)19-12-16(21-13(2)22)14-7-5-9-17(14)25-19/h6,8,10,14,16-17,19H,4-5,7,9,11-12H2,1-3H3,(H,21,22)/t14-,16+,17+,19+/m0/s1. The highest BCUT2D eigenvalue weighted by Crippen LogP contribution is 2.46. The van der Waals surface area contributed by atoms with Gasteiger partial charge < -0.3 is 19.5 Å². The summed E-state index contributed by atoms with van der Waals surface area (Å²) >= 11 is 0. The predicted molar refractivity (Wildman–Crippen MR) is 96.0 cm³/mol. The molecule has 1 saturated heterocycles. The van der Waals surface area contributed by atoms with Crippen LogP contribution in [0.15, 0.2) is 18.2 Å². The molecule has 1 aliphatic carbocycles. The third-order valence-electron chi connectivity index (χ3n) is 5.24. The zero-order chi connectivity index (χ0) is 17.8. The Bertz CT molecular complexity index is 603. The van der Waals surface area contributed by atoms with Crippen LogP contribution in [-0.4, -0.2) is 31.8 Å². The van der Waals surface area contributed by atoms with E-state index in [1.54, 1.807) is 14.0 Å². The van der Waals surface area contributed by atoms with Gasteiger partial charge in [-0.05, 0) is 31.7 Å². The summed E-state index contributed by atoms with van der Waals surface area (Å²) in [5, 5.41) is 3.15. The van der Waals surface area contributed by atoms with Gasteiger partial charge in [0, 0.05) is 24.4 Å². The van der Waals surface area contributed by atoms with E-state index in [1.807, 2.05) is 12.1 Å². The van der Waals surface area contributed by atoms with Crippen molar-refractivity contribution < 1.29 is 19.0 Å². The van der Waals surface area contributed by atoms with Gasteiger partial charge in [-0.1, -0.05) is 25.5 Å². The molecule has 3 rings (SSSR count). The first-order valence-corrected chi connectivity index (χ1v) is 9.36. The molecule has 0 spiro atoms. The summed E-state index contributed by atoms with van der Waals surface area (Å²) in [6.07, 6.45) is 5.18. The third-order valence-corrected chi connectivity index (χ3v) is 5.24. The Morgan fingerprint density at radius 2 is 2.20 bits per heavy atom. The molecule has 0 aromatic heterocycles. The van der Waals surface area contributed by atoms with Crippen molar-refractivity contribution in [2.45, 2.75) is 64.2 Å². The fourth-order valence-corrected chi connectivity index (χ4v) is 4.19. The minimum absolute atomic E-state index is 0.0319. The molecule has 1 saturated carbocycles. The van der Waals surface area contributed by atoms with Crippen LogP contribution < -0.4 is 14.8 Å². The van der Waals surface area contributed by atoms with Gasteiger partial charge in [-0.3, -0.25) is 4.79 Å². The first-order valence-electron chi connectivity index (χ1n) is 9.36. The molecule has 1 N–H and O–H groups in total. The van der Waals surface area contributed by atoms with Crippen molar-refractivity contribution in [3.8, 4) is 11.5 Å². The minimum Gasteiger partial charge on any atom is -0.493 e. The average Bonchev–Trinajstić information content (AvgIpc) is 3.08. The fraction of sp³-hybridized carbons (Fsp3) is 0.650. The maximum Gasteiger partial charge on any atom is 0.217 e. The molecule has 5 heteroatoms. The van der Waals surface area contributed by atoms with Crippen LogP contribution in [0.1, 0.15) is 57.6 Å². The highest BCUT2D eigenvalue weighted by molar-refractivity contribution is 5.73. The number of nitrogens with one attached hydrogen (secondary N) is 1. The number of para-hydroxylation sites is 1. The minimum atomic E-state index is -0.0850. The van der Waals surface area contributed by atoms with Crippen molar-refractivity contribution in [2.24, 2.45) is 5.92 Å². The van der Waals surface area contributed by atoms with Crippen LogP contribution in [0.5, 0.6) is 11.5 Å². The number of rotatable bonds is 6. The average molecular weight is 347 g/mol. The van der Waals surface area contributed by atoms with E-state index in [0.29, 0.717) is 12.5 Å². The van der Waals surface area contributed by atoms with Crippen LogP contribution in [0.25, 0.3) is 0 Å². The number of benzene rings is 1. The molecule has 0 unspecified atom stereocenters. The van der Waals surface area contributed by atoms with E-state index < -0.39 is 0 Å². The molecule has 2 aliphatic rings. The van der Waals surface area contributed by atoms with E-state index in [0.717, 1.165) is 49.2 Å². The van der Waals surface area contributed by atoms with E-state index in [1.165, 1.54) is 0 Å². The van der Waals surface area contributed by atoms with E-state index in [4.69, 9.17) is 14.2 Å².